The van der Waals surface area contributed by atoms with Gasteiger partial charge < -0.3 is 16.3 Å². The fourth-order valence-electron chi connectivity index (χ4n) is 2.67. The lowest BCUT2D eigenvalue weighted by Gasteiger charge is -2.07. The smallest absolute Gasteiger partial charge is 0.338 e. The molecule has 0 bridgehead atoms. The van der Waals surface area contributed by atoms with Crippen LogP contribution in [0.1, 0.15) is 29.0 Å². The van der Waals surface area contributed by atoms with Crippen LogP contribution in [-0.4, -0.2) is 11.8 Å². The number of rotatable bonds is 4. The second-order valence-corrected chi connectivity index (χ2v) is 5.77. The summed E-state index contributed by atoms with van der Waals surface area (Å²) in [6.45, 7) is 1.85. The fourth-order valence-corrected chi connectivity index (χ4v) is 2.67. The number of amidine groups is 1. The maximum atomic E-state index is 12.1. The molecule has 0 aliphatic heterocycles. The number of nitrogen functional groups attached to an aromatic ring is 1. The van der Waals surface area contributed by atoms with E-state index in [0.29, 0.717) is 11.3 Å². The van der Waals surface area contributed by atoms with Gasteiger partial charge in [-0.1, -0.05) is 47.6 Å². The Bertz CT molecular complexity index is 756. The quantitative estimate of drug-likeness (QED) is 0.298. The largest absolute Gasteiger partial charge is 0.398 e. The molecule has 1 fully saturated rings. The molecule has 118 valence electrons. The first-order valence-electron chi connectivity index (χ1n) is 7.52. The Morgan fingerprint density at radius 2 is 1.91 bits per heavy atom. The van der Waals surface area contributed by atoms with Crippen molar-refractivity contribution in [2.75, 3.05) is 5.73 Å². The van der Waals surface area contributed by atoms with E-state index < -0.39 is 0 Å². The lowest BCUT2D eigenvalue weighted by molar-refractivity contribution is -0.145. The van der Waals surface area contributed by atoms with Crippen molar-refractivity contribution in [1.82, 2.24) is 0 Å². The molecule has 0 radical (unpaired) electrons. The molecular weight excluding hydrogens is 290 g/mol. The van der Waals surface area contributed by atoms with Gasteiger partial charge in [-0.2, -0.15) is 0 Å². The summed E-state index contributed by atoms with van der Waals surface area (Å²) in [5.74, 6) is -0.117. The normalized spacial score (nSPS) is 20.1. The molecule has 0 spiro atoms. The molecule has 1 saturated carbocycles. The lowest BCUT2D eigenvalue weighted by Crippen LogP contribution is -2.17. The molecular formula is C18H19N3O2. The third-order valence-electron chi connectivity index (χ3n) is 4.21. The minimum atomic E-state index is -0.344. The average Bonchev–Trinajstić information content (AvgIpc) is 3.36. The second kappa shape index (κ2) is 6.12. The van der Waals surface area contributed by atoms with Crippen LogP contribution in [0.25, 0.3) is 0 Å². The maximum Gasteiger partial charge on any atom is 0.338 e. The van der Waals surface area contributed by atoms with Gasteiger partial charge in [-0.15, -0.1) is 0 Å². The Balaban J connectivity index is 1.64. The van der Waals surface area contributed by atoms with Gasteiger partial charge in [0.05, 0.1) is 5.92 Å². The van der Waals surface area contributed by atoms with Crippen LogP contribution >= 0.6 is 0 Å². The molecule has 1 aliphatic carbocycles. The molecule has 4 N–H and O–H groups in total. The van der Waals surface area contributed by atoms with Crippen molar-refractivity contribution < 1.29 is 9.63 Å². The SMILES string of the molecule is Cc1c(N)cccc1/C(N)=N/OC(=O)C1CC1c1ccccc1. The van der Waals surface area contributed by atoms with Crippen LogP contribution in [0.3, 0.4) is 0 Å². The molecule has 0 saturated heterocycles. The molecule has 2 aromatic rings. The van der Waals surface area contributed by atoms with Gasteiger partial charge in [-0.05, 0) is 36.5 Å². The zero-order valence-corrected chi connectivity index (χ0v) is 12.9. The van der Waals surface area contributed by atoms with Crippen molar-refractivity contribution in [3.05, 3.63) is 65.2 Å². The monoisotopic (exact) mass is 309 g/mol. The van der Waals surface area contributed by atoms with Crippen LogP contribution in [0.4, 0.5) is 5.69 Å². The predicted octanol–water partition coefficient (Wildman–Crippen LogP) is 2.54. The molecule has 1 aliphatic rings. The first kappa shape index (κ1) is 15.1. The second-order valence-electron chi connectivity index (χ2n) is 5.77. The molecule has 0 aromatic heterocycles. The Kier molecular flexibility index (Phi) is 4.02. The summed E-state index contributed by atoms with van der Waals surface area (Å²) in [5, 5.41) is 3.77. The van der Waals surface area contributed by atoms with Crippen LogP contribution < -0.4 is 11.5 Å². The number of nitrogens with zero attached hydrogens (tertiary/aromatic N) is 1. The van der Waals surface area contributed by atoms with Crippen molar-refractivity contribution in [2.45, 2.75) is 19.3 Å². The Hall–Kier alpha value is -2.82. The van der Waals surface area contributed by atoms with E-state index in [2.05, 4.69) is 5.16 Å². The van der Waals surface area contributed by atoms with Gasteiger partial charge in [0.15, 0.2) is 5.84 Å². The lowest BCUT2D eigenvalue weighted by atomic mass is 10.1. The zero-order valence-electron chi connectivity index (χ0n) is 12.9. The third kappa shape index (κ3) is 3.18. The minimum Gasteiger partial charge on any atom is -0.398 e. The number of hydrogen-bond donors (Lipinski definition) is 2. The number of hydrogen-bond acceptors (Lipinski definition) is 4. The topological polar surface area (TPSA) is 90.7 Å². The van der Waals surface area contributed by atoms with Gasteiger partial charge in [0, 0.05) is 11.3 Å². The van der Waals surface area contributed by atoms with Crippen molar-refractivity contribution in [1.29, 1.82) is 0 Å². The Morgan fingerprint density at radius 3 is 2.65 bits per heavy atom. The van der Waals surface area contributed by atoms with Gasteiger partial charge in [-0.25, -0.2) is 4.79 Å². The molecule has 3 rings (SSSR count). The van der Waals surface area contributed by atoms with Gasteiger partial charge in [0.25, 0.3) is 0 Å². The first-order valence-corrected chi connectivity index (χ1v) is 7.52. The number of anilines is 1. The van der Waals surface area contributed by atoms with Gasteiger partial charge >= 0.3 is 5.97 Å². The van der Waals surface area contributed by atoms with E-state index in [-0.39, 0.29) is 23.6 Å². The van der Waals surface area contributed by atoms with Gasteiger partial charge in [-0.3, -0.25) is 0 Å². The molecule has 2 atom stereocenters. The average molecular weight is 309 g/mol. The number of oxime groups is 1. The van der Waals surface area contributed by atoms with Crippen LogP contribution in [0.5, 0.6) is 0 Å². The molecule has 0 heterocycles. The Morgan fingerprint density at radius 1 is 1.17 bits per heavy atom. The summed E-state index contributed by atoms with van der Waals surface area (Å²) < 4.78 is 0. The summed E-state index contributed by atoms with van der Waals surface area (Å²) in [6, 6.07) is 15.3. The fraction of sp³-hybridized carbons (Fsp3) is 0.222. The first-order chi connectivity index (χ1) is 11.1. The van der Waals surface area contributed by atoms with Crippen LogP contribution in [0.15, 0.2) is 53.7 Å². The highest BCUT2D eigenvalue weighted by atomic mass is 16.7. The highest BCUT2D eigenvalue weighted by molar-refractivity contribution is 5.99. The van der Waals surface area contributed by atoms with Crippen molar-refractivity contribution in [2.24, 2.45) is 16.8 Å². The van der Waals surface area contributed by atoms with E-state index in [0.717, 1.165) is 17.5 Å². The summed E-state index contributed by atoms with van der Waals surface area (Å²) >= 11 is 0. The molecule has 23 heavy (non-hydrogen) atoms. The van der Waals surface area contributed by atoms with Crippen LogP contribution in [0.2, 0.25) is 0 Å². The molecule has 2 unspecified atom stereocenters. The highest BCUT2D eigenvalue weighted by Gasteiger charge is 2.45. The Labute approximate surface area is 134 Å². The van der Waals surface area contributed by atoms with E-state index in [4.69, 9.17) is 16.3 Å². The summed E-state index contributed by atoms with van der Waals surface area (Å²) in [6.07, 6.45) is 0.787. The zero-order chi connectivity index (χ0) is 16.4. The van der Waals surface area contributed by atoms with E-state index in [1.54, 1.807) is 18.2 Å². The molecule has 2 aromatic carbocycles. The van der Waals surface area contributed by atoms with Crippen LogP contribution in [-0.2, 0) is 9.63 Å². The summed E-state index contributed by atoms with van der Waals surface area (Å²) in [7, 11) is 0. The van der Waals surface area contributed by atoms with Gasteiger partial charge in [0.2, 0.25) is 0 Å². The summed E-state index contributed by atoms with van der Waals surface area (Å²) in [5.41, 5.74) is 15.0. The molecule has 0 amide bonds. The number of nitrogens with two attached hydrogens (primary N) is 2. The minimum absolute atomic E-state index is 0.143. The summed E-state index contributed by atoms with van der Waals surface area (Å²) in [4.78, 5) is 17.1. The predicted molar refractivity (Wildman–Crippen MR) is 89.7 cm³/mol. The van der Waals surface area contributed by atoms with E-state index in [9.17, 15) is 4.79 Å². The molecule has 5 nitrogen and oxygen atoms in total. The highest BCUT2D eigenvalue weighted by Crippen LogP contribution is 2.48. The van der Waals surface area contributed by atoms with Crippen molar-refractivity contribution in [3.63, 3.8) is 0 Å². The van der Waals surface area contributed by atoms with E-state index >= 15 is 0 Å². The molecule has 5 heteroatoms. The van der Waals surface area contributed by atoms with Gasteiger partial charge in [0.1, 0.15) is 0 Å². The number of carbonyl (C=O) groups is 1. The third-order valence-corrected chi connectivity index (χ3v) is 4.21. The number of benzene rings is 2. The van der Waals surface area contributed by atoms with Crippen LogP contribution in [0, 0.1) is 12.8 Å². The van der Waals surface area contributed by atoms with E-state index in [1.807, 2.05) is 37.3 Å². The van der Waals surface area contributed by atoms with Crippen molar-refractivity contribution >= 4 is 17.5 Å². The van der Waals surface area contributed by atoms with E-state index in [1.165, 1.54) is 0 Å². The standard InChI is InChI=1S/C18H19N3O2/c1-11-13(8-5-9-16(11)19)17(20)21-23-18(22)15-10-14(15)12-6-3-2-4-7-12/h2-9,14-15H,10,19H2,1H3,(H2,20,21). The van der Waals surface area contributed by atoms with Crippen molar-refractivity contribution in [3.8, 4) is 0 Å². The number of carbonyl (C=O) groups excluding carboxylic acids is 1. The maximum absolute atomic E-state index is 12.1.